The molecule has 0 radical (unpaired) electrons. The topological polar surface area (TPSA) is 49.5 Å². The molecule has 0 amide bonds. The fourth-order valence-corrected chi connectivity index (χ4v) is 2.86. The largest absolute Gasteiger partial charge is 0.396 e. The van der Waals surface area contributed by atoms with Crippen LogP contribution in [0.4, 0.5) is 5.69 Å². The van der Waals surface area contributed by atoms with Gasteiger partial charge in [-0.25, -0.2) is 0 Å². The van der Waals surface area contributed by atoms with E-state index < -0.39 is 0 Å². The summed E-state index contributed by atoms with van der Waals surface area (Å²) in [6.07, 6.45) is 2.21. The van der Waals surface area contributed by atoms with Crippen LogP contribution in [-0.2, 0) is 0 Å². The minimum atomic E-state index is 0.255. The molecule has 98 valence electrons. The Morgan fingerprint density at radius 2 is 2.33 bits per heavy atom. The lowest BCUT2D eigenvalue weighted by Crippen LogP contribution is -2.38. The van der Waals surface area contributed by atoms with Crippen LogP contribution in [0.15, 0.2) is 18.2 Å². The number of anilines is 1. The third kappa shape index (κ3) is 2.65. The molecule has 0 bridgehead atoms. The maximum absolute atomic E-state index is 9.33. The lowest BCUT2D eigenvalue weighted by Gasteiger charge is -2.35. The van der Waals surface area contributed by atoms with Crippen LogP contribution in [0.3, 0.4) is 0 Å². The average Bonchev–Trinajstić information content (AvgIpc) is 2.38. The Kier molecular flexibility index (Phi) is 4.19. The third-order valence-corrected chi connectivity index (χ3v) is 3.82. The van der Waals surface area contributed by atoms with E-state index in [0.717, 1.165) is 37.2 Å². The molecular formula is C14H20N2OS. The Morgan fingerprint density at radius 3 is 3.00 bits per heavy atom. The molecule has 1 unspecified atom stereocenters. The first-order valence-electron chi connectivity index (χ1n) is 6.38. The fourth-order valence-electron chi connectivity index (χ4n) is 2.69. The molecule has 1 aromatic carbocycles. The van der Waals surface area contributed by atoms with E-state index in [1.807, 2.05) is 12.1 Å². The van der Waals surface area contributed by atoms with Crippen molar-refractivity contribution < 1.29 is 5.11 Å². The van der Waals surface area contributed by atoms with Crippen molar-refractivity contribution in [2.75, 3.05) is 24.6 Å². The molecule has 18 heavy (non-hydrogen) atoms. The van der Waals surface area contributed by atoms with Crippen molar-refractivity contribution in [1.29, 1.82) is 0 Å². The highest BCUT2D eigenvalue weighted by Crippen LogP contribution is 2.29. The zero-order valence-corrected chi connectivity index (χ0v) is 11.5. The molecule has 1 fully saturated rings. The summed E-state index contributed by atoms with van der Waals surface area (Å²) in [4.78, 5) is 2.76. The number of aliphatic hydroxyl groups is 1. The first-order valence-corrected chi connectivity index (χ1v) is 6.79. The number of nitrogens with two attached hydrogens (primary N) is 1. The van der Waals surface area contributed by atoms with E-state index in [-0.39, 0.29) is 6.61 Å². The van der Waals surface area contributed by atoms with Gasteiger partial charge in [0.1, 0.15) is 4.99 Å². The Morgan fingerprint density at radius 1 is 1.56 bits per heavy atom. The van der Waals surface area contributed by atoms with Crippen molar-refractivity contribution >= 4 is 22.9 Å². The van der Waals surface area contributed by atoms with E-state index in [1.165, 1.54) is 5.56 Å². The molecule has 0 aromatic heterocycles. The molecule has 3 nitrogen and oxygen atoms in total. The molecule has 0 saturated carbocycles. The number of para-hydroxylation sites is 1. The molecular weight excluding hydrogens is 244 g/mol. The summed E-state index contributed by atoms with van der Waals surface area (Å²) < 4.78 is 0. The molecule has 1 aliphatic rings. The zero-order chi connectivity index (χ0) is 13.1. The SMILES string of the molecule is Cc1cccc(C(N)=S)c1N1CCCC(CO)C1. The first-order chi connectivity index (χ1) is 8.63. The lowest BCUT2D eigenvalue weighted by atomic mass is 9.96. The number of rotatable bonds is 3. The first kappa shape index (κ1) is 13.3. The molecule has 1 atom stereocenters. The number of aryl methyl sites for hydroxylation is 1. The van der Waals surface area contributed by atoms with Crippen molar-refractivity contribution in [3.8, 4) is 0 Å². The van der Waals surface area contributed by atoms with Crippen LogP contribution < -0.4 is 10.6 Å². The summed E-state index contributed by atoms with van der Waals surface area (Å²) in [6.45, 7) is 4.23. The van der Waals surface area contributed by atoms with Crippen molar-refractivity contribution in [2.45, 2.75) is 19.8 Å². The van der Waals surface area contributed by atoms with E-state index in [2.05, 4.69) is 17.9 Å². The van der Waals surface area contributed by atoms with E-state index in [4.69, 9.17) is 18.0 Å². The van der Waals surface area contributed by atoms with Crippen LogP contribution in [0.2, 0.25) is 0 Å². The van der Waals surface area contributed by atoms with Crippen LogP contribution >= 0.6 is 12.2 Å². The predicted molar refractivity (Wildman–Crippen MR) is 79.1 cm³/mol. The summed E-state index contributed by atoms with van der Waals surface area (Å²) in [5, 5.41) is 9.33. The Labute approximate surface area is 114 Å². The van der Waals surface area contributed by atoms with Gasteiger partial charge < -0.3 is 15.7 Å². The second kappa shape index (κ2) is 5.67. The Balaban J connectivity index is 2.34. The van der Waals surface area contributed by atoms with Gasteiger partial charge >= 0.3 is 0 Å². The molecule has 0 aliphatic carbocycles. The minimum Gasteiger partial charge on any atom is -0.396 e. The number of thiocarbonyl (C=S) groups is 1. The highest BCUT2D eigenvalue weighted by atomic mass is 32.1. The van der Waals surface area contributed by atoms with Crippen molar-refractivity contribution in [3.05, 3.63) is 29.3 Å². The quantitative estimate of drug-likeness (QED) is 0.818. The molecule has 1 heterocycles. The third-order valence-electron chi connectivity index (χ3n) is 3.60. The van der Waals surface area contributed by atoms with Gasteiger partial charge in [0, 0.05) is 30.9 Å². The summed E-state index contributed by atoms with van der Waals surface area (Å²) in [5.41, 5.74) is 9.10. The fraction of sp³-hybridized carbons (Fsp3) is 0.500. The van der Waals surface area contributed by atoms with Crippen LogP contribution in [0.1, 0.15) is 24.0 Å². The maximum atomic E-state index is 9.33. The highest BCUT2D eigenvalue weighted by Gasteiger charge is 2.22. The molecule has 3 N–H and O–H groups in total. The van der Waals surface area contributed by atoms with Crippen molar-refractivity contribution in [3.63, 3.8) is 0 Å². The average molecular weight is 264 g/mol. The van der Waals surface area contributed by atoms with Gasteiger partial charge in [-0.2, -0.15) is 0 Å². The van der Waals surface area contributed by atoms with Crippen LogP contribution in [0.5, 0.6) is 0 Å². The predicted octanol–water partition coefficient (Wildman–Crippen LogP) is 1.84. The summed E-state index contributed by atoms with van der Waals surface area (Å²) >= 11 is 5.14. The van der Waals surface area contributed by atoms with Crippen LogP contribution in [0.25, 0.3) is 0 Å². The number of hydrogen-bond donors (Lipinski definition) is 2. The summed E-state index contributed by atoms with van der Waals surface area (Å²) in [5.74, 6) is 0.359. The van der Waals surface area contributed by atoms with Crippen molar-refractivity contribution in [2.24, 2.45) is 11.7 Å². The number of aliphatic hydroxyl groups excluding tert-OH is 1. The zero-order valence-electron chi connectivity index (χ0n) is 10.7. The molecule has 0 spiro atoms. The number of hydrogen-bond acceptors (Lipinski definition) is 3. The Hall–Kier alpha value is -1.13. The van der Waals surface area contributed by atoms with Crippen LogP contribution in [0, 0.1) is 12.8 Å². The summed E-state index contributed by atoms with van der Waals surface area (Å²) in [7, 11) is 0. The highest BCUT2D eigenvalue weighted by molar-refractivity contribution is 7.80. The number of benzene rings is 1. The van der Waals surface area contributed by atoms with E-state index >= 15 is 0 Å². The van der Waals surface area contributed by atoms with E-state index in [9.17, 15) is 5.11 Å². The standard InChI is InChI=1S/C14H20N2OS/c1-10-4-2-6-12(14(15)18)13(10)16-7-3-5-11(8-16)9-17/h2,4,6,11,17H,3,5,7-9H2,1H3,(H2,15,18). The minimum absolute atomic E-state index is 0.255. The van der Waals surface area contributed by atoms with Gasteiger partial charge in [-0.1, -0.05) is 24.4 Å². The van der Waals surface area contributed by atoms with Crippen LogP contribution in [-0.4, -0.2) is 29.8 Å². The second-order valence-corrected chi connectivity index (χ2v) is 5.41. The van der Waals surface area contributed by atoms with Gasteiger partial charge in [0.15, 0.2) is 0 Å². The Bertz CT molecular complexity index is 447. The number of piperidine rings is 1. The number of nitrogens with zero attached hydrogens (tertiary/aromatic N) is 1. The van der Waals surface area contributed by atoms with Crippen molar-refractivity contribution in [1.82, 2.24) is 0 Å². The maximum Gasteiger partial charge on any atom is 0.106 e. The smallest absolute Gasteiger partial charge is 0.106 e. The van der Waals surface area contributed by atoms with Gasteiger partial charge in [0.05, 0.1) is 0 Å². The molecule has 4 heteroatoms. The van der Waals surface area contributed by atoms with E-state index in [1.54, 1.807) is 0 Å². The van der Waals surface area contributed by atoms with E-state index in [0.29, 0.717) is 10.9 Å². The van der Waals surface area contributed by atoms with Gasteiger partial charge in [-0.3, -0.25) is 0 Å². The monoisotopic (exact) mass is 264 g/mol. The second-order valence-electron chi connectivity index (χ2n) is 4.97. The normalized spacial score (nSPS) is 19.9. The summed E-state index contributed by atoms with van der Waals surface area (Å²) in [6, 6.07) is 6.05. The van der Waals surface area contributed by atoms with Gasteiger partial charge in [-0.05, 0) is 37.3 Å². The van der Waals surface area contributed by atoms with Gasteiger partial charge in [-0.15, -0.1) is 0 Å². The van der Waals surface area contributed by atoms with Gasteiger partial charge in [0.25, 0.3) is 0 Å². The molecule has 2 rings (SSSR count). The molecule has 1 saturated heterocycles. The molecule has 1 aliphatic heterocycles. The lowest BCUT2D eigenvalue weighted by molar-refractivity contribution is 0.208. The van der Waals surface area contributed by atoms with Gasteiger partial charge in [0.2, 0.25) is 0 Å². The molecule has 1 aromatic rings.